The Morgan fingerprint density at radius 2 is 2.41 bits per heavy atom. The molecule has 1 saturated heterocycles. The van der Waals surface area contributed by atoms with Crippen molar-refractivity contribution in [1.82, 2.24) is 9.88 Å². The van der Waals surface area contributed by atoms with E-state index in [1.165, 1.54) is 0 Å². The number of nitrogens with zero attached hydrogens (tertiary/aromatic N) is 2. The zero-order chi connectivity index (χ0) is 12.3. The van der Waals surface area contributed by atoms with Crippen molar-refractivity contribution in [3.8, 4) is 0 Å². The minimum Gasteiger partial charge on any atom is -0.387 e. The molecule has 2 rings (SSSR count). The topological polar surface area (TPSA) is 45.2 Å². The van der Waals surface area contributed by atoms with Crippen LogP contribution in [0.5, 0.6) is 0 Å². The quantitative estimate of drug-likeness (QED) is 0.869. The minimum absolute atomic E-state index is 0.0421. The fourth-order valence-electron chi connectivity index (χ4n) is 1.84. The molecule has 1 aliphatic rings. The third kappa shape index (κ3) is 2.72. The van der Waals surface area contributed by atoms with Gasteiger partial charge in [0.2, 0.25) is 0 Å². The Bertz CT molecular complexity index is 393. The molecule has 4 nitrogen and oxygen atoms in total. The third-order valence-electron chi connectivity index (χ3n) is 2.90. The first-order valence-electron chi connectivity index (χ1n) is 5.75. The first-order chi connectivity index (χ1) is 8.22. The Kier molecular flexibility index (Phi) is 3.89. The second kappa shape index (κ2) is 5.40. The van der Waals surface area contributed by atoms with Crippen molar-refractivity contribution in [3.05, 3.63) is 24.0 Å². The van der Waals surface area contributed by atoms with Crippen LogP contribution in [0.1, 0.15) is 17.4 Å². The van der Waals surface area contributed by atoms with E-state index in [1.807, 2.05) is 29.8 Å². The average Bonchev–Trinajstić information content (AvgIpc) is 2.39. The van der Waals surface area contributed by atoms with Gasteiger partial charge in [-0.05, 0) is 19.1 Å². The van der Waals surface area contributed by atoms with Gasteiger partial charge in [-0.15, -0.1) is 0 Å². The lowest BCUT2D eigenvalue weighted by atomic mass is 10.2. The molecule has 1 aromatic rings. The zero-order valence-electron chi connectivity index (χ0n) is 10.1. The number of hydrogen-bond acceptors (Lipinski definition) is 4. The standard InChI is InChI=1S/C12H17N3OS/c1-9-8-17-6-5-15(9)12(16)11-4-3-10(13-2)7-14-11/h3-4,7,9,13H,5-6,8H2,1-2H3. The van der Waals surface area contributed by atoms with E-state index in [-0.39, 0.29) is 5.91 Å². The molecule has 92 valence electrons. The first kappa shape index (κ1) is 12.2. The molecule has 2 heterocycles. The Balaban J connectivity index is 2.12. The lowest BCUT2D eigenvalue weighted by molar-refractivity contribution is 0.0710. The number of rotatable bonds is 2. The molecule has 1 aromatic heterocycles. The van der Waals surface area contributed by atoms with Gasteiger partial charge in [-0.25, -0.2) is 4.98 Å². The molecule has 1 aliphatic heterocycles. The highest BCUT2D eigenvalue weighted by Gasteiger charge is 2.25. The van der Waals surface area contributed by atoms with Crippen LogP contribution in [0.3, 0.4) is 0 Å². The summed E-state index contributed by atoms with van der Waals surface area (Å²) in [6, 6.07) is 3.96. The fraction of sp³-hybridized carbons (Fsp3) is 0.500. The summed E-state index contributed by atoms with van der Waals surface area (Å²) in [5.74, 6) is 2.07. The summed E-state index contributed by atoms with van der Waals surface area (Å²) >= 11 is 1.90. The number of amides is 1. The molecule has 0 spiro atoms. The molecule has 1 atom stereocenters. The van der Waals surface area contributed by atoms with Gasteiger partial charge in [0.1, 0.15) is 5.69 Å². The molecule has 17 heavy (non-hydrogen) atoms. The second-order valence-electron chi connectivity index (χ2n) is 4.10. The van der Waals surface area contributed by atoms with Gasteiger partial charge in [-0.3, -0.25) is 4.79 Å². The summed E-state index contributed by atoms with van der Waals surface area (Å²) < 4.78 is 0. The van der Waals surface area contributed by atoms with Gasteiger partial charge in [0.25, 0.3) is 5.91 Å². The van der Waals surface area contributed by atoms with Crippen LogP contribution >= 0.6 is 11.8 Å². The summed E-state index contributed by atoms with van der Waals surface area (Å²) in [7, 11) is 1.84. The van der Waals surface area contributed by atoms with Gasteiger partial charge in [0, 0.05) is 31.1 Å². The van der Waals surface area contributed by atoms with Crippen LogP contribution < -0.4 is 5.32 Å². The molecule has 1 N–H and O–H groups in total. The maximum absolute atomic E-state index is 12.2. The van der Waals surface area contributed by atoms with Crippen LogP contribution in [-0.4, -0.2) is 46.9 Å². The van der Waals surface area contributed by atoms with Crippen LogP contribution in [0.4, 0.5) is 5.69 Å². The van der Waals surface area contributed by atoms with Crippen LogP contribution in [-0.2, 0) is 0 Å². The van der Waals surface area contributed by atoms with E-state index in [1.54, 1.807) is 12.3 Å². The number of pyridine rings is 1. The molecule has 0 aromatic carbocycles. The largest absolute Gasteiger partial charge is 0.387 e. The van der Waals surface area contributed by atoms with Crippen molar-refractivity contribution in [2.75, 3.05) is 30.4 Å². The summed E-state index contributed by atoms with van der Waals surface area (Å²) in [6.45, 7) is 2.91. The van der Waals surface area contributed by atoms with Crippen LogP contribution in [0.2, 0.25) is 0 Å². The second-order valence-corrected chi connectivity index (χ2v) is 5.25. The van der Waals surface area contributed by atoms with Crippen LogP contribution in [0.25, 0.3) is 0 Å². The molecule has 5 heteroatoms. The van der Waals surface area contributed by atoms with Crippen molar-refractivity contribution in [3.63, 3.8) is 0 Å². The molecule has 0 radical (unpaired) electrons. The number of anilines is 1. The number of thioether (sulfide) groups is 1. The highest BCUT2D eigenvalue weighted by Crippen LogP contribution is 2.18. The van der Waals surface area contributed by atoms with E-state index < -0.39 is 0 Å². The zero-order valence-corrected chi connectivity index (χ0v) is 11.0. The van der Waals surface area contributed by atoms with Gasteiger partial charge < -0.3 is 10.2 Å². The Hall–Kier alpha value is -1.23. The predicted molar refractivity (Wildman–Crippen MR) is 71.6 cm³/mol. The van der Waals surface area contributed by atoms with Gasteiger partial charge in [-0.1, -0.05) is 0 Å². The average molecular weight is 251 g/mol. The smallest absolute Gasteiger partial charge is 0.272 e. The highest BCUT2D eigenvalue weighted by molar-refractivity contribution is 7.99. The molecular weight excluding hydrogens is 234 g/mol. The summed E-state index contributed by atoms with van der Waals surface area (Å²) in [5.41, 5.74) is 1.45. The van der Waals surface area contributed by atoms with Crippen LogP contribution in [0, 0.1) is 0 Å². The molecule has 1 fully saturated rings. The van der Waals surface area contributed by atoms with E-state index in [0.717, 1.165) is 23.7 Å². The van der Waals surface area contributed by atoms with E-state index >= 15 is 0 Å². The van der Waals surface area contributed by atoms with Gasteiger partial charge in [0.15, 0.2) is 0 Å². The molecule has 1 unspecified atom stereocenters. The number of carbonyl (C=O) groups is 1. The van der Waals surface area contributed by atoms with E-state index in [2.05, 4.69) is 17.2 Å². The molecule has 0 saturated carbocycles. The number of aromatic nitrogens is 1. The number of hydrogen-bond donors (Lipinski definition) is 1. The van der Waals surface area contributed by atoms with Crippen molar-refractivity contribution in [2.24, 2.45) is 0 Å². The normalized spacial score (nSPS) is 20.1. The SMILES string of the molecule is CNc1ccc(C(=O)N2CCSCC2C)nc1. The van der Waals surface area contributed by atoms with Crippen molar-refractivity contribution < 1.29 is 4.79 Å². The van der Waals surface area contributed by atoms with Crippen molar-refractivity contribution in [2.45, 2.75) is 13.0 Å². The van der Waals surface area contributed by atoms with Crippen molar-refractivity contribution >= 4 is 23.4 Å². The maximum Gasteiger partial charge on any atom is 0.272 e. The number of nitrogens with one attached hydrogen (secondary N) is 1. The van der Waals surface area contributed by atoms with Gasteiger partial charge >= 0.3 is 0 Å². The van der Waals surface area contributed by atoms with Gasteiger partial charge in [-0.2, -0.15) is 11.8 Å². The predicted octanol–water partition coefficient (Wildman–Crippen LogP) is 1.70. The van der Waals surface area contributed by atoms with Gasteiger partial charge in [0.05, 0.1) is 11.9 Å². The maximum atomic E-state index is 12.2. The third-order valence-corrected chi connectivity index (χ3v) is 4.09. The first-order valence-corrected chi connectivity index (χ1v) is 6.90. The fourth-order valence-corrected chi connectivity index (χ4v) is 2.86. The molecular formula is C12H17N3OS. The molecule has 0 aliphatic carbocycles. The molecule has 1 amide bonds. The van der Waals surface area contributed by atoms with E-state index in [9.17, 15) is 4.79 Å². The van der Waals surface area contributed by atoms with E-state index in [0.29, 0.717) is 11.7 Å². The Morgan fingerprint density at radius 1 is 1.59 bits per heavy atom. The Morgan fingerprint density at radius 3 is 3.00 bits per heavy atom. The lowest BCUT2D eigenvalue weighted by Crippen LogP contribution is -2.44. The lowest BCUT2D eigenvalue weighted by Gasteiger charge is -2.32. The molecule has 0 bridgehead atoms. The number of carbonyl (C=O) groups excluding carboxylic acids is 1. The summed E-state index contributed by atoms with van der Waals surface area (Å²) in [5, 5.41) is 2.99. The summed E-state index contributed by atoms with van der Waals surface area (Å²) in [4.78, 5) is 18.4. The summed E-state index contributed by atoms with van der Waals surface area (Å²) in [6.07, 6.45) is 1.69. The Labute approximate surface area is 106 Å². The monoisotopic (exact) mass is 251 g/mol. The highest BCUT2D eigenvalue weighted by atomic mass is 32.2. The van der Waals surface area contributed by atoms with Crippen LogP contribution in [0.15, 0.2) is 18.3 Å². The van der Waals surface area contributed by atoms with Crippen molar-refractivity contribution in [1.29, 1.82) is 0 Å². The van der Waals surface area contributed by atoms with E-state index in [4.69, 9.17) is 0 Å². The minimum atomic E-state index is 0.0421.